The third-order valence-corrected chi connectivity index (χ3v) is 3.03. The third kappa shape index (κ3) is 3.43. The minimum atomic E-state index is 0.424. The van der Waals surface area contributed by atoms with Crippen molar-refractivity contribution in [3.8, 4) is 0 Å². The van der Waals surface area contributed by atoms with Gasteiger partial charge in [0.2, 0.25) is 0 Å². The zero-order chi connectivity index (χ0) is 10.5. The van der Waals surface area contributed by atoms with E-state index in [-0.39, 0.29) is 0 Å². The van der Waals surface area contributed by atoms with E-state index in [0.717, 1.165) is 18.2 Å². The molecule has 2 rings (SSSR count). The van der Waals surface area contributed by atoms with Crippen molar-refractivity contribution in [3.63, 3.8) is 0 Å². The SMILES string of the molecule is Clc1ccc(COCCC2CCC2)nn1. The molecule has 15 heavy (non-hydrogen) atoms. The van der Waals surface area contributed by atoms with Crippen molar-refractivity contribution in [2.24, 2.45) is 5.92 Å². The van der Waals surface area contributed by atoms with Gasteiger partial charge >= 0.3 is 0 Å². The molecule has 0 bridgehead atoms. The van der Waals surface area contributed by atoms with E-state index < -0.39 is 0 Å². The van der Waals surface area contributed by atoms with Gasteiger partial charge in [-0.2, -0.15) is 5.10 Å². The fourth-order valence-corrected chi connectivity index (χ4v) is 1.73. The fourth-order valence-electron chi connectivity index (χ4n) is 1.63. The standard InChI is InChI=1S/C11H15ClN2O/c12-11-5-4-10(13-14-11)8-15-7-6-9-2-1-3-9/h4-5,9H,1-3,6-8H2. The van der Waals surface area contributed by atoms with Crippen molar-refractivity contribution in [1.29, 1.82) is 0 Å². The first-order valence-corrected chi connectivity index (χ1v) is 5.78. The molecule has 1 fully saturated rings. The Morgan fingerprint density at radius 1 is 1.33 bits per heavy atom. The molecule has 1 aromatic rings. The lowest BCUT2D eigenvalue weighted by atomic mass is 9.83. The fraction of sp³-hybridized carbons (Fsp3) is 0.636. The van der Waals surface area contributed by atoms with Gasteiger partial charge in [0.25, 0.3) is 0 Å². The zero-order valence-corrected chi connectivity index (χ0v) is 9.41. The average molecular weight is 227 g/mol. The molecule has 4 heteroatoms. The van der Waals surface area contributed by atoms with Crippen LogP contribution in [0.15, 0.2) is 12.1 Å². The summed E-state index contributed by atoms with van der Waals surface area (Å²) in [5, 5.41) is 8.10. The molecule has 1 aliphatic carbocycles. The number of rotatable bonds is 5. The number of nitrogens with zero attached hydrogens (tertiary/aromatic N) is 2. The summed E-state index contributed by atoms with van der Waals surface area (Å²) in [6.07, 6.45) is 5.34. The van der Waals surface area contributed by atoms with Gasteiger partial charge in [0, 0.05) is 6.61 Å². The van der Waals surface area contributed by atoms with Crippen LogP contribution in [0.4, 0.5) is 0 Å². The van der Waals surface area contributed by atoms with E-state index in [1.807, 2.05) is 6.07 Å². The summed E-state index contributed by atoms with van der Waals surface area (Å²) < 4.78 is 5.52. The summed E-state index contributed by atoms with van der Waals surface area (Å²) in [6.45, 7) is 1.37. The predicted octanol–water partition coefficient (Wildman–Crippen LogP) is 2.84. The maximum absolute atomic E-state index is 5.63. The average Bonchev–Trinajstić information content (AvgIpc) is 2.18. The van der Waals surface area contributed by atoms with Crippen LogP contribution in [0.5, 0.6) is 0 Å². The van der Waals surface area contributed by atoms with Crippen LogP contribution in [0.1, 0.15) is 31.4 Å². The molecule has 1 heterocycles. The summed E-state index contributed by atoms with van der Waals surface area (Å²) in [4.78, 5) is 0. The van der Waals surface area contributed by atoms with Crippen LogP contribution in [-0.4, -0.2) is 16.8 Å². The van der Waals surface area contributed by atoms with E-state index in [1.165, 1.54) is 25.7 Å². The maximum Gasteiger partial charge on any atom is 0.151 e. The lowest BCUT2D eigenvalue weighted by Gasteiger charge is -2.24. The molecule has 82 valence electrons. The summed E-state index contributed by atoms with van der Waals surface area (Å²) in [6, 6.07) is 3.58. The Morgan fingerprint density at radius 2 is 2.20 bits per heavy atom. The van der Waals surface area contributed by atoms with Crippen molar-refractivity contribution in [1.82, 2.24) is 10.2 Å². The quantitative estimate of drug-likeness (QED) is 0.725. The Hall–Kier alpha value is -0.670. The van der Waals surface area contributed by atoms with E-state index in [2.05, 4.69) is 10.2 Å². The van der Waals surface area contributed by atoms with Crippen LogP contribution in [-0.2, 0) is 11.3 Å². The Kier molecular flexibility index (Phi) is 3.92. The molecule has 1 aromatic heterocycles. The Balaban J connectivity index is 1.62. The number of aromatic nitrogens is 2. The number of hydrogen-bond donors (Lipinski definition) is 0. The molecule has 0 spiro atoms. The number of ether oxygens (including phenoxy) is 1. The first-order chi connectivity index (χ1) is 7.34. The van der Waals surface area contributed by atoms with Gasteiger partial charge in [-0.15, -0.1) is 5.10 Å². The molecule has 0 saturated heterocycles. The summed E-state index contributed by atoms with van der Waals surface area (Å²) in [5.74, 6) is 0.904. The van der Waals surface area contributed by atoms with E-state index >= 15 is 0 Å². The highest BCUT2D eigenvalue weighted by molar-refractivity contribution is 6.29. The van der Waals surface area contributed by atoms with Crippen molar-refractivity contribution in [2.45, 2.75) is 32.3 Å². The zero-order valence-electron chi connectivity index (χ0n) is 8.66. The smallest absolute Gasteiger partial charge is 0.151 e. The second-order valence-corrected chi connectivity index (χ2v) is 4.37. The topological polar surface area (TPSA) is 35.0 Å². The molecule has 0 radical (unpaired) electrons. The van der Waals surface area contributed by atoms with Crippen molar-refractivity contribution in [3.05, 3.63) is 23.0 Å². The monoisotopic (exact) mass is 226 g/mol. The van der Waals surface area contributed by atoms with Crippen LogP contribution in [0.3, 0.4) is 0 Å². The van der Waals surface area contributed by atoms with E-state index in [1.54, 1.807) is 6.07 Å². The van der Waals surface area contributed by atoms with Crippen LogP contribution < -0.4 is 0 Å². The summed E-state index contributed by atoms with van der Waals surface area (Å²) >= 11 is 5.63. The first-order valence-electron chi connectivity index (χ1n) is 5.40. The van der Waals surface area contributed by atoms with Crippen LogP contribution in [0, 0.1) is 5.92 Å². The van der Waals surface area contributed by atoms with Crippen LogP contribution in [0.25, 0.3) is 0 Å². The van der Waals surface area contributed by atoms with E-state index in [0.29, 0.717) is 11.8 Å². The van der Waals surface area contributed by atoms with Crippen molar-refractivity contribution < 1.29 is 4.74 Å². The Bertz CT molecular complexity index is 298. The maximum atomic E-state index is 5.63. The normalized spacial score (nSPS) is 16.3. The molecule has 0 aliphatic heterocycles. The highest BCUT2D eigenvalue weighted by atomic mass is 35.5. The highest BCUT2D eigenvalue weighted by Crippen LogP contribution is 2.29. The van der Waals surface area contributed by atoms with Gasteiger partial charge in [-0.1, -0.05) is 30.9 Å². The third-order valence-electron chi connectivity index (χ3n) is 2.83. The van der Waals surface area contributed by atoms with E-state index in [4.69, 9.17) is 16.3 Å². The first kappa shape index (κ1) is 10.8. The second kappa shape index (κ2) is 5.42. The molecule has 1 saturated carbocycles. The van der Waals surface area contributed by atoms with Gasteiger partial charge in [0.05, 0.1) is 12.3 Å². The van der Waals surface area contributed by atoms with Gasteiger partial charge in [-0.25, -0.2) is 0 Å². The molecule has 1 aliphatic rings. The van der Waals surface area contributed by atoms with Gasteiger partial charge in [-0.05, 0) is 24.5 Å². The molecule has 0 atom stereocenters. The van der Waals surface area contributed by atoms with Crippen LogP contribution in [0.2, 0.25) is 5.15 Å². The van der Waals surface area contributed by atoms with Gasteiger partial charge in [-0.3, -0.25) is 0 Å². The van der Waals surface area contributed by atoms with Gasteiger partial charge in [0.1, 0.15) is 0 Å². The van der Waals surface area contributed by atoms with Crippen LogP contribution >= 0.6 is 11.6 Å². The largest absolute Gasteiger partial charge is 0.375 e. The molecule has 0 aromatic carbocycles. The number of halogens is 1. The van der Waals surface area contributed by atoms with E-state index in [9.17, 15) is 0 Å². The van der Waals surface area contributed by atoms with Crippen molar-refractivity contribution in [2.75, 3.05) is 6.61 Å². The predicted molar refractivity (Wildman–Crippen MR) is 58.7 cm³/mol. The minimum Gasteiger partial charge on any atom is -0.375 e. The van der Waals surface area contributed by atoms with Gasteiger partial charge < -0.3 is 4.74 Å². The van der Waals surface area contributed by atoms with Gasteiger partial charge in [0.15, 0.2) is 5.15 Å². The molecule has 0 unspecified atom stereocenters. The minimum absolute atomic E-state index is 0.424. The second-order valence-electron chi connectivity index (χ2n) is 3.99. The molecular weight excluding hydrogens is 212 g/mol. The molecule has 3 nitrogen and oxygen atoms in total. The highest BCUT2D eigenvalue weighted by Gasteiger charge is 2.16. The van der Waals surface area contributed by atoms with Crippen molar-refractivity contribution >= 4 is 11.6 Å². The lowest BCUT2D eigenvalue weighted by Crippen LogP contribution is -2.13. The summed E-state index contributed by atoms with van der Waals surface area (Å²) in [5.41, 5.74) is 0.841. The summed E-state index contributed by atoms with van der Waals surface area (Å²) in [7, 11) is 0. The Labute approximate surface area is 94.8 Å². The molecular formula is C11H15ClN2O. The lowest BCUT2D eigenvalue weighted by molar-refractivity contribution is 0.0925. The number of hydrogen-bond acceptors (Lipinski definition) is 3. The molecule has 0 amide bonds. The molecule has 0 N–H and O–H groups in total. The Morgan fingerprint density at radius 3 is 2.80 bits per heavy atom.